The van der Waals surface area contributed by atoms with Crippen LogP contribution >= 0.6 is 23.7 Å². The lowest BCUT2D eigenvalue weighted by Gasteiger charge is -2.56. The van der Waals surface area contributed by atoms with Crippen LogP contribution in [0.15, 0.2) is 23.1 Å². The van der Waals surface area contributed by atoms with E-state index in [2.05, 4.69) is 59.7 Å². The third kappa shape index (κ3) is 11.3. The lowest BCUT2D eigenvalue weighted by atomic mass is 9.49. The fourth-order valence-electron chi connectivity index (χ4n) is 8.60. The summed E-state index contributed by atoms with van der Waals surface area (Å²) in [6, 6.07) is 7.23. The van der Waals surface area contributed by atoms with Crippen LogP contribution in [0, 0.1) is 17.3 Å². The zero-order chi connectivity index (χ0) is 38.8. The van der Waals surface area contributed by atoms with Crippen LogP contribution in [0.3, 0.4) is 0 Å². The first kappa shape index (κ1) is 45.9. The molecule has 3 fully saturated rings. The minimum Gasteiger partial charge on any atom is -0.420 e. The molecule has 1 aromatic carbocycles. The summed E-state index contributed by atoms with van der Waals surface area (Å²) in [7, 11) is 0. The van der Waals surface area contributed by atoms with E-state index in [1.807, 2.05) is 25.5 Å². The van der Waals surface area contributed by atoms with Gasteiger partial charge in [-0.25, -0.2) is 0 Å². The molecule has 11 heteroatoms. The molecule has 52 heavy (non-hydrogen) atoms. The highest BCUT2D eigenvalue weighted by Crippen LogP contribution is 2.62. The molecule has 3 nitrogen and oxygen atoms in total. The number of aliphatic hydroxyl groups excluding tert-OH is 1. The Morgan fingerprint density at radius 3 is 2.15 bits per heavy atom. The maximum absolute atomic E-state index is 12.6. The number of alkyl halides is 5. The second-order valence-corrected chi connectivity index (χ2v) is 18.7. The molecule has 1 aliphatic heterocycles. The van der Waals surface area contributed by atoms with Crippen molar-refractivity contribution >= 4 is 29.8 Å². The van der Waals surface area contributed by atoms with Crippen molar-refractivity contribution in [1.29, 1.82) is 0 Å². The van der Waals surface area contributed by atoms with Crippen LogP contribution in [0.5, 0.6) is 0 Å². The molecule has 5 atom stereocenters. The summed E-state index contributed by atoms with van der Waals surface area (Å²) in [5.41, 5.74) is 3.32. The van der Waals surface area contributed by atoms with E-state index in [1.54, 1.807) is 11.1 Å². The van der Waals surface area contributed by atoms with Crippen LogP contribution in [0.1, 0.15) is 169 Å². The number of benzene rings is 1. The molecule has 0 radical (unpaired) electrons. The highest BCUT2D eigenvalue weighted by molar-refractivity contribution is 8.25. The third-order valence-electron chi connectivity index (χ3n) is 12.7. The zero-order valence-corrected chi connectivity index (χ0v) is 34.9. The van der Waals surface area contributed by atoms with Crippen molar-refractivity contribution in [2.24, 2.45) is 17.3 Å². The molecule has 3 unspecified atom stereocenters. The monoisotopic (exact) mass is 778 g/mol. The minimum atomic E-state index is -5.46. The Labute approximate surface area is 321 Å². The van der Waals surface area contributed by atoms with Crippen molar-refractivity contribution in [3.8, 4) is 0 Å². The molecule has 300 valence electrons. The van der Waals surface area contributed by atoms with Gasteiger partial charge >= 0.3 is 18.3 Å². The van der Waals surface area contributed by atoms with Crippen LogP contribution in [0.2, 0.25) is 5.31 Å². The summed E-state index contributed by atoms with van der Waals surface area (Å²) in [6.45, 7) is 17.5. The number of rotatable bonds is 16. The van der Waals surface area contributed by atoms with Gasteiger partial charge in [-0.05, 0) is 129 Å². The predicted octanol–water partition coefficient (Wildman–Crippen LogP) is 13.9. The quantitative estimate of drug-likeness (QED) is 0.0783. The molecule has 5 rings (SSSR count). The Morgan fingerprint density at radius 1 is 0.885 bits per heavy atom. The number of hydrogen-bond acceptors (Lipinski definition) is 5. The van der Waals surface area contributed by atoms with Crippen LogP contribution in [0.25, 0.3) is 0 Å². The first-order valence-corrected chi connectivity index (χ1v) is 22.1. The molecular formula is C41H68BF5O3S2. The summed E-state index contributed by atoms with van der Waals surface area (Å²) in [5, 5.41) is 10.8. The van der Waals surface area contributed by atoms with Crippen molar-refractivity contribution in [2.45, 2.75) is 198 Å². The largest absolute Gasteiger partial charge is 0.453 e. The number of aliphatic hydroxyl groups is 1. The molecule has 3 aliphatic carbocycles. The van der Waals surface area contributed by atoms with E-state index >= 15 is 0 Å². The molecule has 1 aromatic rings. The van der Waals surface area contributed by atoms with Gasteiger partial charge in [-0.2, -0.15) is 22.0 Å². The standard InChI is InChI=1S/C24H35BO2S.C15H27F5OS.C2H6/c1-22(2)23(3,4)27-25(22)28-16-7-9-17-15(14-16)6-8-19-18(17)12-13-24(5)20(19)10-11-21(24)26;1-2-3-4-5-6-7-8-9-13-22-21-12-10-11-14(16,17)15(18,19)20;1-2/h7,9,14,18-21,26H,6,8,10-13H2,1-5H3;2-13H2,1H3;1-2H3/t18-,19?,20+,21?,24?;;/m1../s1. The Morgan fingerprint density at radius 2 is 1.54 bits per heavy atom. The molecule has 0 bridgehead atoms. The normalized spacial score (nSPS) is 27.2. The fraction of sp³-hybridized carbons (Fsp3) is 0.854. The molecule has 0 spiro atoms. The van der Waals surface area contributed by atoms with E-state index in [9.17, 15) is 27.1 Å². The number of hydrogen-bond donors (Lipinski definition) is 1. The summed E-state index contributed by atoms with van der Waals surface area (Å²) in [6.07, 6.45) is 9.98. The Balaban J connectivity index is 0.000000277. The van der Waals surface area contributed by atoms with E-state index in [4.69, 9.17) is 8.84 Å². The van der Waals surface area contributed by atoms with Gasteiger partial charge in [-0.15, -0.1) is 11.6 Å². The molecule has 1 saturated heterocycles. The van der Waals surface area contributed by atoms with Gasteiger partial charge in [0.2, 0.25) is 0 Å². The summed E-state index contributed by atoms with van der Waals surface area (Å²) < 4.78 is 72.0. The third-order valence-corrected chi connectivity index (χ3v) is 14.9. The maximum atomic E-state index is 12.6. The lowest BCUT2D eigenvalue weighted by Crippen LogP contribution is -2.59. The number of aryl methyl sites for hydroxylation is 1. The first-order valence-electron chi connectivity index (χ1n) is 20.3. The molecule has 1 heterocycles. The molecular weight excluding hydrogens is 710 g/mol. The van der Waals surface area contributed by atoms with Gasteiger partial charge in [0.1, 0.15) is 0 Å². The minimum absolute atomic E-state index is 0.0350. The topological polar surface area (TPSA) is 38.7 Å². The van der Waals surface area contributed by atoms with Crippen molar-refractivity contribution < 1.29 is 35.9 Å². The Hall–Kier alpha value is -0.485. The van der Waals surface area contributed by atoms with Gasteiger partial charge in [-0.3, -0.25) is 0 Å². The molecule has 2 saturated carbocycles. The molecule has 0 amide bonds. The number of fused-ring (bicyclic) bond motifs is 5. The average molecular weight is 779 g/mol. The van der Waals surface area contributed by atoms with Crippen LogP contribution in [-0.2, 0) is 15.3 Å². The zero-order valence-electron chi connectivity index (χ0n) is 33.3. The highest BCUT2D eigenvalue weighted by Gasteiger charge is 2.60. The Kier molecular flexibility index (Phi) is 17.7. The van der Waals surface area contributed by atoms with E-state index in [1.165, 1.54) is 75.5 Å². The fourth-order valence-corrected chi connectivity index (χ4v) is 10.7. The number of unbranched alkanes of at least 4 members (excludes halogenated alkanes) is 7. The van der Waals surface area contributed by atoms with Crippen molar-refractivity contribution in [3.63, 3.8) is 0 Å². The van der Waals surface area contributed by atoms with E-state index < -0.39 is 18.5 Å². The van der Waals surface area contributed by atoms with E-state index in [-0.39, 0.29) is 41.7 Å². The van der Waals surface area contributed by atoms with Crippen LogP contribution < -0.4 is 0 Å². The summed E-state index contributed by atoms with van der Waals surface area (Å²) in [4.78, 5) is 1.36. The van der Waals surface area contributed by atoms with Crippen LogP contribution in [0.4, 0.5) is 22.0 Å². The highest BCUT2D eigenvalue weighted by atomic mass is 32.2. The Bertz CT molecular complexity index is 1220. The van der Waals surface area contributed by atoms with E-state index in [0.29, 0.717) is 5.92 Å². The van der Waals surface area contributed by atoms with Gasteiger partial charge in [0.05, 0.1) is 12.7 Å². The number of halogens is 5. The van der Waals surface area contributed by atoms with Crippen LogP contribution in [-0.4, -0.2) is 47.5 Å². The molecule has 1 N–H and O–H groups in total. The SMILES string of the molecule is CC.CC12CC[C@@H]3c4ccc(SB5OC(C)(C)C5(C)C)cc4CCC3[C@@H]1CCC2O.CCCCCCCCCCSOCCCC(F)(F)C(F)(F)F. The predicted molar refractivity (Wildman–Crippen MR) is 210 cm³/mol. The summed E-state index contributed by atoms with van der Waals surface area (Å²) in [5.74, 6) is -1.66. The van der Waals surface area contributed by atoms with E-state index in [0.717, 1.165) is 48.9 Å². The van der Waals surface area contributed by atoms with Crippen molar-refractivity contribution in [3.05, 3.63) is 29.3 Å². The van der Waals surface area contributed by atoms with Crippen molar-refractivity contribution in [1.82, 2.24) is 0 Å². The first-order chi connectivity index (χ1) is 24.4. The van der Waals surface area contributed by atoms with Gasteiger partial charge in [0, 0.05) is 23.1 Å². The van der Waals surface area contributed by atoms with Gasteiger partial charge in [-0.1, -0.05) is 92.6 Å². The van der Waals surface area contributed by atoms with Gasteiger partial charge < -0.3 is 13.9 Å². The average Bonchev–Trinajstić information content (AvgIpc) is 3.40. The maximum Gasteiger partial charge on any atom is 0.453 e. The molecule has 0 aromatic heterocycles. The summed E-state index contributed by atoms with van der Waals surface area (Å²) >= 11 is 3.06. The lowest BCUT2D eigenvalue weighted by molar-refractivity contribution is -0.284. The smallest absolute Gasteiger partial charge is 0.420 e. The van der Waals surface area contributed by atoms with Crippen molar-refractivity contribution in [2.75, 3.05) is 12.4 Å². The molecule has 4 aliphatic rings. The second-order valence-electron chi connectivity index (χ2n) is 16.6. The second kappa shape index (κ2) is 20.1. The van der Waals surface area contributed by atoms with Gasteiger partial charge in [0.15, 0.2) is 0 Å². The van der Waals surface area contributed by atoms with Gasteiger partial charge in [0.25, 0.3) is 0 Å².